The Balaban J connectivity index is 1.62. The number of nitrogens with one attached hydrogen (secondary N) is 2. The highest BCUT2D eigenvalue weighted by atomic mass is 14.9. The topological polar surface area (TPSA) is 40.7 Å². The minimum absolute atomic E-state index is 0.539. The zero-order valence-corrected chi connectivity index (χ0v) is 11.1. The number of hydrogen-bond donors (Lipinski definition) is 2. The van der Waals surface area contributed by atoms with Crippen LogP contribution in [0, 0.1) is 5.41 Å². The molecule has 1 aromatic heterocycles. The second-order valence-electron chi connectivity index (χ2n) is 6.05. The predicted octanol–water partition coefficient (Wildman–Crippen LogP) is 2.90. The van der Waals surface area contributed by atoms with Gasteiger partial charge in [-0.3, -0.25) is 0 Å². The molecule has 0 spiro atoms. The maximum absolute atomic E-state index is 4.24. The van der Waals surface area contributed by atoms with Crippen molar-refractivity contribution in [1.29, 1.82) is 0 Å². The SMILES string of the molecule is CC1(C)CCCC(NCCCc2ncc[nH]2)C1. The van der Waals surface area contributed by atoms with E-state index in [4.69, 9.17) is 0 Å². The minimum Gasteiger partial charge on any atom is -0.349 e. The smallest absolute Gasteiger partial charge is 0.106 e. The van der Waals surface area contributed by atoms with Crippen LogP contribution in [0.1, 0.15) is 51.8 Å². The van der Waals surface area contributed by atoms with Crippen LogP contribution >= 0.6 is 0 Å². The summed E-state index contributed by atoms with van der Waals surface area (Å²) in [5.41, 5.74) is 0.539. The molecule has 1 aliphatic carbocycles. The molecule has 3 nitrogen and oxygen atoms in total. The van der Waals surface area contributed by atoms with Crippen molar-refractivity contribution in [3.63, 3.8) is 0 Å². The fourth-order valence-electron chi connectivity index (χ4n) is 2.87. The molecule has 0 aliphatic heterocycles. The Hall–Kier alpha value is -0.830. The van der Waals surface area contributed by atoms with Gasteiger partial charge in [0.05, 0.1) is 0 Å². The summed E-state index contributed by atoms with van der Waals surface area (Å²) in [4.78, 5) is 7.39. The van der Waals surface area contributed by atoms with Crippen molar-refractivity contribution in [2.45, 2.75) is 58.4 Å². The number of aromatic amines is 1. The van der Waals surface area contributed by atoms with Gasteiger partial charge >= 0.3 is 0 Å². The highest BCUT2D eigenvalue weighted by Crippen LogP contribution is 2.34. The quantitative estimate of drug-likeness (QED) is 0.770. The monoisotopic (exact) mass is 235 g/mol. The molecule has 0 amide bonds. The number of nitrogens with zero attached hydrogens (tertiary/aromatic N) is 1. The van der Waals surface area contributed by atoms with Crippen LogP contribution in [0.5, 0.6) is 0 Å². The molecule has 1 fully saturated rings. The lowest BCUT2D eigenvalue weighted by atomic mass is 9.75. The van der Waals surface area contributed by atoms with Crippen LogP contribution in [0.25, 0.3) is 0 Å². The van der Waals surface area contributed by atoms with E-state index in [2.05, 4.69) is 29.1 Å². The zero-order valence-electron chi connectivity index (χ0n) is 11.1. The molecule has 0 saturated heterocycles. The van der Waals surface area contributed by atoms with E-state index in [1.165, 1.54) is 32.1 Å². The third kappa shape index (κ3) is 4.15. The van der Waals surface area contributed by atoms with E-state index in [-0.39, 0.29) is 0 Å². The molecular weight excluding hydrogens is 210 g/mol. The maximum atomic E-state index is 4.24. The number of aryl methyl sites for hydroxylation is 1. The van der Waals surface area contributed by atoms with Crippen molar-refractivity contribution in [2.75, 3.05) is 6.54 Å². The van der Waals surface area contributed by atoms with Gasteiger partial charge in [0.2, 0.25) is 0 Å². The first-order chi connectivity index (χ1) is 8.16. The molecule has 2 rings (SSSR count). The number of imidazole rings is 1. The van der Waals surface area contributed by atoms with Crippen LogP contribution < -0.4 is 5.32 Å². The van der Waals surface area contributed by atoms with Crippen LogP contribution in [0.3, 0.4) is 0 Å². The average molecular weight is 235 g/mol. The van der Waals surface area contributed by atoms with E-state index < -0.39 is 0 Å². The lowest BCUT2D eigenvalue weighted by Crippen LogP contribution is -2.37. The van der Waals surface area contributed by atoms with Crippen LogP contribution in [0.2, 0.25) is 0 Å². The fraction of sp³-hybridized carbons (Fsp3) is 0.786. The van der Waals surface area contributed by atoms with Gasteiger partial charge in [0, 0.05) is 24.9 Å². The van der Waals surface area contributed by atoms with Crippen molar-refractivity contribution in [2.24, 2.45) is 5.41 Å². The van der Waals surface area contributed by atoms with Crippen molar-refractivity contribution in [3.8, 4) is 0 Å². The second kappa shape index (κ2) is 5.67. The molecule has 2 N–H and O–H groups in total. The number of hydrogen-bond acceptors (Lipinski definition) is 2. The van der Waals surface area contributed by atoms with Gasteiger partial charge < -0.3 is 10.3 Å². The summed E-state index contributed by atoms with van der Waals surface area (Å²) in [6.07, 6.45) is 11.4. The van der Waals surface area contributed by atoms with E-state index in [1.54, 1.807) is 0 Å². The van der Waals surface area contributed by atoms with E-state index in [1.807, 2.05) is 12.4 Å². The molecule has 1 unspecified atom stereocenters. The molecule has 0 radical (unpaired) electrons. The Bertz CT molecular complexity index is 316. The van der Waals surface area contributed by atoms with Crippen molar-refractivity contribution in [1.82, 2.24) is 15.3 Å². The van der Waals surface area contributed by atoms with Crippen LogP contribution in [0.15, 0.2) is 12.4 Å². The Morgan fingerprint density at radius 1 is 1.53 bits per heavy atom. The summed E-state index contributed by atoms with van der Waals surface area (Å²) in [6.45, 7) is 5.90. The summed E-state index contributed by atoms with van der Waals surface area (Å²) in [5.74, 6) is 1.11. The number of rotatable bonds is 5. The fourth-order valence-corrected chi connectivity index (χ4v) is 2.87. The largest absolute Gasteiger partial charge is 0.349 e. The summed E-state index contributed by atoms with van der Waals surface area (Å²) in [7, 11) is 0. The molecule has 0 bridgehead atoms. The molecule has 17 heavy (non-hydrogen) atoms. The van der Waals surface area contributed by atoms with Gasteiger partial charge in [-0.25, -0.2) is 4.98 Å². The maximum Gasteiger partial charge on any atom is 0.106 e. The van der Waals surface area contributed by atoms with Crippen LogP contribution in [-0.4, -0.2) is 22.6 Å². The van der Waals surface area contributed by atoms with Crippen molar-refractivity contribution in [3.05, 3.63) is 18.2 Å². The van der Waals surface area contributed by atoms with Gasteiger partial charge in [-0.15, -0.1) is 0 Å². The number of H-pyrrole nitrogens is 1. The second-order valence-corrected chi connectivity index (χ2v) is 6.05. The highest BCUT2D eigenvalue weighted by Gasteiger charge is 2.27. The first-order valence-electron chi connectivity index (χ1n) is 6.87. The lowest BCUT2D eigenvalue weighted by Gasteiger charge is -2.35. The molecular formula is C14H25N3. The third-order valence-electron chi connectivity index (χ3n) is 3.78. The molecule has 1 atom stereocenters. The molecule has 1 aromatic rings. The van der Waals surface area contributed by atoms with E-state index in [0.717, 1.165) is 24.8 Å². The third-order valence-corrected chi connectivity index (χ3v) is 3.78. The van der Waals surface area contributed by atoms with Gasteiger partial charge in [0.25, 0.3) is 0 Å². The van der Waals surface area contributed by atoms with Crippen LogP contribution in [-0.2, 0) is 6.42 Å². The molecule has 1 aliphatic rings. The van der Waals surface area contributed by atoms with Gasteiger partial charge in [-0.1, -0.05) is 20.3 Å². The summed E-state index contributed by atoms with van der Waals surface area (Å²) in [6, 6.07) is 0.732. The summed E-state index contributed by atoms with van der Waals surface area (Å²) < 4.78 is 0. The Labute approximate surface area is 104 Å². The van der Waals surface area contributed by atoms with Gasteiger partial charge in [-0.05, 0) is 37.6 Å². The van der Waals surface area contributed by atoms with E-state index >= 15 is 0 Å². The minimum atomic E-state index is 0.539. The van der Waals surface area contributed by atoms with Crippen molar-refractivity contribution >= 4 is 0 Å². The van der Waals surface area contributed by atoms with E-state index in [9.17, 15) is 0 Å². The van der Waals surface area contributed by atoms with Crippen LogP contribution in [0.4, 0.5) is 0 Å². The molecule has 1 saturated carbocycles. The average Bonchev–Trinajstić information content (AvgIpc) is 2.76. The normalized spacial score (nSPS) is 23.8. The van der Waals surface area contributed by atoms with Crippen molar-refractivity contribution < 1.29 is 0 Å². The van der Waals surface area contributed by atoms with E-state index in [0.29, 0.717) is 5.41 Å². The van der Waals surface area contributed by atoms with Gasteiger partial charge in [-0.2, -0.15) is 0 Å². The van der Waals surface area contributed by atoms with Gasteiger partial charge in [0.1, 0.15) is 5.82 Å². The van der Waals surface area contributed by atoms with Gasteiger partial charge in [0.15, 0.2) is 0 Å². The first kappa shape index (κ1) is 12.6. The molecule has 1 heterocycles. The Morgan fingerprint density at radius 3 is 3.12 bits per heavy atom. The molecule has 96 valence electrons. The summed E-state index contributed by atoms with van der Waals surface area (Å²) in [5, 5.41) is 3.70. The standard InChI is InChI=1S/C14H25N3/c1-14(2)7-3-5-12(11-14)15-8-4-6-13-16-9-10-17-13/h9-10,12,15H,3-8,11H2,1-2H3,(H,16,17). The molecule has 3 heteroatoms. The Morgan fingerprint density at radius 2 is 2.41 bits per heavy atom. The summed E-state index contributed by atoms with van der Waals surface area (Å²) >= 11 is 0. The lowest BCUT2D eigenvalue weighted by molar-refractivity contribution is 0.198. The highest BCUT2D eigenvalue weighted by molar-refractivity contribution is 4.87. The first-order valence-corrected chi connectivity index (χ1v) is 6.87. The zero-order chi connectivity index (χ0) is 12.1. The predicted molar refractivity (Wildman–Crippen MR) is 70.9 cm³/mol. The molecule has 0 aromatic carbocycles. The Kier molecular flexibility index (Phi) is 4.21. The number of aromatic nitrogens is 2.